The first-order valence-corrected chi connectivity index (χ1v) is 13.0. The van der Waals surface area contributed by atoms with E-state index < -0.39 is 9.84 Å². The lowest BCUT2D eigenvalue weighted by Gasteiger charge is -2.26. The van der Waals surface area contributed by atoms with Gasteiger partial charge in [-0.3, -0.25) is 4.79 Å². The standard InChI is InChI=1S/C24H21N3O3S2/c1-32(29,30)19-5-2-4-17(12-19)18-13-20-21(15-26-23(20)25-14-18)16-7-9-27(10-8-16)24(28)22-6-3-11-31-22/h2-7,11-15H,8-10H2,1H3,(H,25,26). The summed E-state index contributed by atoms with van der Waals surface area (Å²) in [4.78, 5) is 23.3. The number of rotatable bonds is 4. The Bertz CT molecular complexity index is 1450. The van der Waals surface area contributed by atoms with Gasteiger partial charge in [-0.2, -0.15) is 0 Å². The Morgan fingerprint density at radius 3 is 2.75 bits per heavy atom. The van der Waals surface area contributed by atoms with Crippen LogP contribution in [0.4, 0.5) is 0 Å². The second-order valence-corrected chi connectivity index (χ2v) is 10.8. The van der Waals surface area contributed by atoms with Crippen molar-refractivity contribution in [3.8, 4) is 11.1 Å². The third-order valence-electron chi connectivity index (χ3n) is 5.70. The van der Waals surface area contributed by atoms with Crippen molar-refractivity contribution in [1.82, 2.24) is 14.9 Å². The van der Waals surface area contributed by atoms with Crippen LogP contribution in [0.1, 0.15) is 21.7 Å². The van der Waals surface area contributed by atoms with Crippen molar-refractivity contribution in [2.45, 2.75) is 11.3 Å². The SMILES string of the molecule is CS(=O)(=O)c1cccc(-c2cnc3[nH]cc(C4=CCN(C(=O)c5cccs5)CC4)c3c2)c1. The van der Waals surface area contributed by atoms with Gasteiger partial charge in [0.2, 0.25) is 0 Å². The smallest absolute Gasteiger partial charge is 0.264 e. The highest BCUT2D eigenvalue weighted by Gasteiger charge is 2.21. The molecule has 0 unspecified atom stereocenters. The van der Waals surface area contributed by atoms with E-state index in [1.165, 1.54) is 23.2 Å². The lowest BCUT2D eigenvalue weighted by Crippen LogP contribution is -2.34. The Labute approximate surface area is 190 Å². The number of sulfone groups is 1. The van der Waals surface area contributed by atoms with Crippen LogP contribution in [0.2, 0.25) is 0 Å². The van der Waals surface area contributed by atoms with Gasteiger partial charge in [0.25, 0.3) is 5.91 Å². The van der Waals surface area contributed by atoms with Gasteiger partial charge in [-0.15, -0.1) is 11.3 Å². The highest BCUT2D eigenvalue weighted by molar-refractivity contribution is 7.90. The maximum atomic E-state index is 12.6. The number of amides is 1. The molecular formula is C24H21N3O3S2. The predicted molar refractivity (Wildman–Crippen MR) is 127 cm³/mol. The number of nitrogens with one attached hydrogen (secondary N) is 1. The van der Waals surface area contributed by atoms with E-state index in [4.69, 9.17) is 0 Å². The first kappa shape index (κ1) is 20.7. The van der Waals surface area contributed by atoms with Gasteiger partial charge in [-0.1, -0.05) is 24.3 Å². The summed E-state index contributed by atoms with van der Waals surface area (Å²) in [6.07, 6.45) is 7.78. The number of hydrogen-bond acceptors (Lipinski definition) is 5. The summed E-state index contributed by atoms with van der Waals surface area (Å²) >= 11 is 1.46. The molecule has 1 amide bonds. The molecule has 0 bridgehead atoms. The number of carbonyl (C=O) groups excluding carboxylic acids is 1. The first-order chi connectivity index (χ1) is 15.4. The topological polar surface area (TPSA) is 83.1 Å². The maximum Gasteiger partial charge on any atom is 0.264 e. The quantitative estimate of drug-likeness (QED) is 0.479. The molecule has 0 atom stereocenters. The minimum Gasteiger partial charge on any atom is -0.346 e. The Morgan fingerprint density at radius 1 is 1.16 bits per heavy atom. The van der Waals surface area contributed by atoms with Crippen molar-refractivity contribution in [1.29, 1.82) is 0 Å². The van der Waals surface area contributed by atoms with Crippen LogP contribution in [0.15, 0.2) is 71.2 Å². The fourth-order valence-corrected chi connectivity index (χ4v) is 5.35. The van der Waals surface area contributed by atoms with Crippen LogP contribution in [0, 0.1) is 0 Å². The number of hydrogen-bond donors (Lipinski definition) is 1. The van der Waals surface area contributed by atoms with Gasteiger partial charge in [0.15, 0.2) is 9.84 Å². The summed E-state index contributed by atoms with van der Waals surface area (Å²) in [6, 6.07) is 12.7. The molecule has 0 saturated carbocycles. The summed E-state index contributed by atoms with van der Waals surface area (Å²) in [5, 5.41) is 2.90. The van der Waals surface area contributed by atoms with E-state index >= 15 is 0 Å². The Kier molecular flexibility index (Phi) is 5.19. The first-order valence-electron chi connectivity index (χ1n) is 10.2. The zero-order valence-electron chi connectivity index (χ0n) is 17.4. The lowest BCUT2D eigenvalue weighted by atomic mass is 9.98. The monoisotopic (exact) mass is 463 g/mol. The third-order valence-corrected chi connectivity index (χ3v) is 7.67. The number of nitrogens with zero attached hydrogens (tertiary/aromatic N) is 2. The van der Waals surface area contributed by atoms with E-state index in [1.807, 2.05) is 40.7 Å². The van der Waals surface area contributed by atoms with Crippen molar-refractivity contribution < 1.29 is 13.2 Å². The van der Waals surface area contributed by atoms with Crippen LogP contribution in [-0.4, -0.2) is 48.5 Å². The molecule has 4 heterocycles. The lowest BCUT2D eigenvalue weighted by molar-refractivity contribution is 0.0777. The number of aromatic nitrogens is 2. The highest BCUT2D eigenvalue weighted by atomic mass is 32.2. The molecule has 0 radical (unpaired) electrons. The van der Waals surface area contributed by atoms with Gasteiger partial charge in [-0.05, 0) is 47.2 Å². The molecule has 5 rings (SSSR count). The number of fused-ring (bicyclic) bond motifs is 1. The fourth-order valence-electron chi connectivity index (χ4n) is 3.99. The average molecular weight is 464 g/mol. The van der Waals surface area contributed by atoms with Crippen molar-refractivity contribution in [3.63, 3.8) is 0 Å². The van der Waals surface area contributed by atoms with Gasteiger partial charge >= 0.3 is 0 Å². The number of pyridine rings is 1. The van der Waals surface area contributed by atoms with E-state index in [0.717, 1.165) is 39.0 Å². The molecule has 32 heavy (non-hydrogen) atoms. The largest absolute Gasteiger partial charge is 0.346 e. The molecule has 1 aliphatic rings. The molecule has 0 saturated heterocycles. The average Bonchev–Trinajstić information content (AvgIpc) is 3.48. The van der Waals surface area contributed by atoms with Crippen LogP contribution in [0.25, 0.3) is 27.7 Å². The zero-order chi connectivity index (χ0) is 22.3. The highest BCUT2D eigenvalue weighted by Crippen LogP contribution is 2.32. The van der Waals surface area contributed by atoms with Crippen LogP contribution < -0.4 is 0 Å². The Balaban J connectivity index is 1.46. The van der Waals surface area contributed by atoms with Gasteiger partial charge in [0.1, 0.15) is 5.65 Å². The van der Waals surface area contributed by atoms with Gasteiger partial charge in [0, 0.05) is 48.3 Å². The fraction of sp³-hybridized carbons (Fsp3) is 0.167. The molecule has 0 fully saturated rings. The van der Waals surface area contributed by atoms with E-state index in [9.17, 15) is 13.2 Å². The second-order valence-electron chi connectivity index (χ2n) is 7.83. The molecule has 162 valence electrons. The predicted octanol–water partition coefficient (Wildman–Crippen LogP) is 4.62. The molecule has 1 aromatic carbocycles. The van der Waals surface area contributed by atoms with E-state index in [2.05, 4.69) is 16.0 Å². The molecule has 3 aromatic heterocycles. The molecule has 4 aromatic rings. The zero-order valence-corrected chi connectivity index (χ0v) is 19.0. The van der Waals surface area contributed by atoms with Crippen LogP contribution >= 0.6 is 11.3 Å². The summed E-state index contributed by atoms with van der Waals surface area (Å²) < 4.78 is 23.9. The van der Waals surface area contributed by atoms with Crippen LogP contribution in [-0.2, 0) is 9.84 Å². The van der Waals surface area contributed by atoms with E-state index in [1.54, 1.807) is 24.4 Å². The summed E-state index contributed by atoms with van der Waals surface area (Å²) in [7, 11) is -3.29. The van der Waals surface area contributed by atoms with Crippen molar-refractivity contribution in [2.75, 3.05) is 19.3 Å². The molecule has 8 heteroatoms. The molecule has 1 N–H and O–H groups in total. The minimum atomic E-state index is -3.29. The van der Waals surface area contributed by atoms with E-state index in [0.29, 0.717) is 13.1 Å². The maximum absolute atomic E-state index is 12.6. The number of carbonyl (C=O) groups is 1. The van der Waals surface area contributed by atoms with Gasteiger partial charge < -0.3 is 9.88 Å². The van der Waals surface area contributed by atoms with E-state index in [-0.39, 0.29) is 10.8 Å². The molecule has 0 spiro atoms. The van der Waals surface area contributed by atoms with Gasteiger partial charge in [0.05, 0.1) is 9.77 Å². The summed E-state index contributed by atoms with van der Waals surface area (Å²) in [5.41, 5.74) is 4.68. The minimum absolute atomic E-state index is 0.0731. The van der Waals surface area contributed by atoms with Crippen LogP contribution in [0.5, 0.6) is 0 Å². The van der Waals surface area contributed by atoms with Crippen LogP contribution in [0.3, 0.4) is 0 Å². The van der Waals surface area contributed by atoms with Crippen molar-refractivity contribution >= 4 is 43.7 Å². The van der Waals surface area contributed by atoms with Gasteiger partial charge in [-0.25, -0.2) is 13.4 Å². The second kappa shape index (κ2) is 8.03. The molecular weight excluding hydrogens is 442 g/mol. The third kappa shape index (κ3) is 3.87. The molecule has 1 aliphatic heterocycles. The normalized spacial score (nSPS) is 14.5. The molecule has 6 nitrogen and oxygen atoms in total. The number of thiophene rings is 1. The van der Waals surface area contributed by atoms with Crippen molar-refractivity contribution in [2.24, 2.45) is 0 Å². The number of aromatic amines is 1. The Hall–Kier alpha value is -3.23. The molecule has 0 aliphatic carbocycles. The van der Waals surface area contributed by atoms with Crippen molar-refractivity contribution in [3.05, 3.63) is 76.8 Å². The summed E-state index contributed by atoms with van der Waals surface area (Å²) in [5.74, 6) is 0.0731. The Morgan fingerprint density at radius 2 is 2.03 bits per heavy atom. The summed E-state index contributed by atoms with van der Waals surface area (Å²) in [6.45, 7) is 1.24. The number of benzene rings is 1. The number of H-pyrrole nitrogens is 1.